The second-order valence-corrected chi connectivity index (χ2v) is 6.32. The lowest BCUT2D eigenvalue weighted by atomic mass is 10.1. The number of aryl methyl sites for hydroxylation is 1. The number of halogens is 1. The first kappa shape index (κ1) is 13.8. The molecule has 1 atom stereocenters. The topological polar surface area (TPSA) is 28.2 Å². The SMILES string of the molecule is Cc1cnc(NCC2CCN(C(C)C)C2)c(Br)c1. The van der Waals surface area contributed by atoms with Crippen LogP contribution in [-0.4, -0.2) is 35.6 Å². The molecule has 1 aromatic heterocycles. The minimum Gasteiger partial charge on any atom is -0.369 e. The molecule has 0 spiro atoms. The molecular weight excluding hydrogens is 290 g/mol. The van der Waals surface area contributed by atoms with Gasteiger partial charge in [-0.2, -0.15) is 0 Å². The molecule has 1 unspecified atom stereocenters. The summed E-state index contributed by atoms with van der Waals surface area (Å²) in [6.45, 7) is 10.0. The second-order valence-electron chi connectivity index (χ2n) is 5.47. The monoisotopic (exact) mass is 311 g/mol. The van der Waals surface area contributed by atoms with Crippen LogP contribution in [0.2, 0.25) is 0 Å². The Bertz CT molecular complexity index is 406. The molecule has 0 radical (unpaired) electrons. The van der Waals surface area contributed by atoms with Crippen LogP contribution >= 0.6 is 15.9 Å². The van der Waals surface area contributed by atoms with E-state index in [4.69, 9.17) is 0 Å². The lowest BCUT2D eigenvalue weighted by molar-refractivity contribution is 0.266. The number of likely N-dealkylation sites (tertiary alicyclic amines) is 1. The Kier molecular flexibility index (Phi) is 4.62. The fraction of sp³-hybridized carbons (Fsp3) is 0.643. The van der Waals surface area contributed by atoms with Crippen molar-refractivity contribution < 1.29 is 0 Å². The number of hydrogen-bond acceptors (Lipinski definition) is 3. The highest BCUT2D eigenvalue weighted by molar-refractivity contribution is 9.10. The molecule has 1 N–H and O–H groups in total. The molecule has 3 nitrogen and oxygen atoms in total. The lowest BCUT2D eigenvalue weighted by Gasteiger charge is -2.20. The highest BCUT2D eigenvalue weighted by atomic mass is 79.9. The number of hydrogen-bond donors (Lipinski definition) is 1. The van der Waals surface area contributed by atoms with E-state index in [0.29, 0.717) is 6.04 Å². The van der Waals surface area contributed by atoms with E-state index in [2.05, 4.69) is 58.0 Å². The van der Waals surface area contributed by atoms with E-state index >= 15 is 0 Å². The Morgan fingerprint density at radius 1 is 1.56 bits per heavy atom. The molecule has 1 aliphatic heterocycles. The third kappa shape index (κ3) is 3.45. The van der Waals surface area contributed by atoms with Crippen LogP contribution in [0.15, 0.2) is 16.7 Å². The molecule has 18 heavy (non-hydrogen) atoms. The van der Waals surface area contributed by atoms with Crippen LogP contribution in [0.25, 0.3) is 0 Å². The maximum atomic E-state index is 4.42. The van der Waals surface area contributed by atoms with Gasteiger partial charge in [0.15, 0.2) is 0 Å². The van der Waals surface area contributed by atoms with Crippen molar-refractivity contribution in [1.29, 1.82) is 0 Å². The standard InChI is InChI=1S/C14H22BrN3/c1-10(2)18-5-4-12(9-18)8-17-14-13(15)6-11(3)7-16-14/h6-7,10,12H,4-5,8-9H2,1-3H3,(H,16,17). The van der Waals surface area contributed by atoms with Crippen molar-refractivity contribution in [2.75, 3.05) is 25.0 Å². The third-order valence-electron chi connectivity index (χ3n) is 3.58. The van der Waals surface area contributed by atoms with Gasteiger partial charge in [-0.1, -0.05) is 0 Å². The summed E-state index contributed by atoms with van der Waals surface area (Å²) in [5.74, 6) is 1.70. The number of nitrogens with one attached hydrogen (secondary N) is 1. The lowest BCUT2D eigenvalue weighted by Crippen LogP contribution is -2.29. The van der Waals surface area contributed by atoms with Crippen molar-refractivity contribution in [1.82, 2.24) is 9.88 Å². The predicted molar refractivity (Wildman–Crippen MR) is 80.0 cm³/mol. The molecule has 0 bridgehead atoms. The van der Waals surface area contributed by atoms with E-state index in [1.807, 2.05) is 6.20 Å². The summed E-state index contributed by atoms with van der Waals surface area (Å²) in [7, 11) is 0. The summed E-state index contributed by atoms with van der Waals surface area (Å²) in [4.78, 5) is 6.97. The van der Waals surface area contributed by atoms with Crippen molar-refractivity contribution >= 4 is 21.7 Å². The first-order valence-corrected chi connectivity index (χ1v) is 7.45. The Morgan fingerprint density at radius 3 is 2.94 bits per heavy atom. The molecule has 2 rings (SSSR count). The Labute approximate surface area is 118 Å². The van der Waals surface area contributed by atoms with Crippen LogP contribution in [0.5, 0.6) is 0 Å². The predicted octanol–water partition coefficient (Wildman–Crippen LogP) is 3.29. The van der Waals surface area contributed by atoms with Crippen LogP contribution in [0.3, 0.4) is 0 Å². The van der Waals surface area contributed by atoms with Gasteiger partial charge in [-0.15, -0.1) is 0 Å². The average molecular weight is 312 g/mol. The molecule has 1 saturated heterocycles. The molecule has 1 aromatic rings. The number of rotatable bonds is 4. The molecule has 0 saturated carbocycles. The van der Waals surface area contributed by atoms with Crippen molar-refractivity contribution in [3.05, 3.63) is 22.3 Å². The number of nitrogens with zero attached hydrogens (tertiary/aromatic N) is 2. The average Bonchev–Trinajstić information content (AvgIpc) is 2.76. The van der Waals surface area contributed by atoms with Gasteiger partial charge < -0.3 is 10.2 Å². The maximum Gasteiger partial charge on any atom is 0.140 e. The van der Waals surface area contributed by atoms with Crippen molar-refractivity contribution in [3.63, 3.8) is 0 Å². The summed E-state index contributed by atoms with van der Waals surface area (Å²) < 4.78 is 1.06. The zero-order valence-electron chi connectivity index (χ0n) is 11.4. The summed E-state index contributed by atoms with van der Waals surface area (Å²) in [6, 6.07) is 2.77. The fourth-order valence-corrected chi connectivity index (χ4v) is 3.01. The van der Waals surface area contributed by atoms with E-state index < -0.39 is 0 Å². The first-order chi connectivity index (χ1) is 8.56. The van der Waals surface area contributed by atoms with E-state index in [9.17, 15) is 0 Å². The van der Waals surface area contributed by atoms with E-state index in [1.165, 1.54) is 25.1 Å². The second kappa shape index (κ2) is 6.02. The maximum absolute atomic E-state index is 4.42. The molecule has 4 heteroatoms. The van der Waals surface area contributed by atoms with Crippen LogP contribution < -0.4 is 5.32 Å². The fourth-order valence-electron chi connectivity index (χ4n) is 2.40. The van der Waals surface area contributed by atoms with Gasteiger partial charge in [0.05, 0.1) is 4.47 Å². The summed E-state index contributed by atoms with van der Waals surface area (Å²) in [5.41, 5.74) is 1.18. The van der Waals surface area contributed by atoms with Crippen molar-refractivity contribution in [2.45, 2.75) is 33.2 Å². The van der Waals surface area contributed by atoms with Crippen molar-refractivity contribution in [2.24, 2.45) is 5.92 Å². The first-order valence-electron chi connectivity index (χ1n) is 6.66. The zero-order chi connectivity index (χ0) is 13.1. The van der Waals surface area contributed by atoms with Gasteiger partial charge in [0.1, 0.15) is 5.82 Å². The van der Waals surface area contributed by atoms with Crippen LogP contribution in [-0.2, 0) is 0 Å². The summed E-state index contributed by atoms with van der Waals surface area (Å²) in [5, 5.41) is 3.46. The summed E-state index contributed by atoms with van der Waals surface area (Å²) >= 11 is 3.56. The smallest absolute Gasteiger partial charge is 0.140 e. The highest BCUT2D eigenvalue weighted by Crippen LogP contribution is 2.23. The third-order valence-corrected chi connectivity index (χ3v) is 4.19. The van der Waals surface area contributed by atoms with Gasteiger partial charge >= 0.3 is 0 Å². The Balaban J connectivity index is 1.85. The Hall–Kier alpha value is -0.610. The molecule has 1 aliphatic rings. The number of aromatic nitrogens is 1. The van der Waals surface area contributed by atoms with E-state index in [-0.39, 0.29) is 0 Å². The minimum absolute atomic E-state index is 0.666. The Morgan fingerprint density at radius 2 is 2.33 bits per heavy atom. The number of anilines is 1. The number of pyridine rings is 1. The van der Waals surface area contributed by atoms with Crippen LogP contribution in [0.1, 0.15) is 25.8 Å². The van der Waals surface area contributed by atoms with Gasteiger partial charge in [-0.25, -0.2) is 4.98 Å². The van der Waals surface area contributed by atoms with Gasteiger partial charge in [0, 0.05) is 25.3 Å². The van der Waals surface area contributed by atoms with E-state index in [1.54, 1.807) is 0 Å². The largest absolute Gasteiger partial charge is 0.369 e. The molecule has 100 valence electrons. The van der Waals surface area contributed by atoms with Gasteiger partial charge in [-0.3, -0.25) is 0 Å². The van der Waals surface area contributed by atoms with Crippen LogP contribution in [0.4, 0.5) is 5.82 Å². The molecule has 0 aliphatic carbocycles. The quantitative estimate of drug-likeness (QED) is 0.924. The zero-order valence-corrected chi connectivity index (χ0v) is 13.0. The highest BCUT2D eigenvalue weighted by Gasteiger charge is 2.23. The van der Waals surface area contributed by atoms with Gasteiger partial charge in [0.25, 0.3) is 0 Å². The molecular formula is C14H22BrN3. The van der Waals surface area contributed by atoms with Crippen molar-refractivity contribution in [3.8, 4) is 0 Å². The molecule has 0 amide bonds. The normalized spacial score (nSPS) is 20.6. The molecule has 1 fully saturated rings. The summed E-state index contributed by atoms with van der Waals surface area (Å²) in [6.07, 6.45) is 3.19. The van der Waals surface area contributed by atoms with Gasteiger partial charge in [-0.05, 0) is 67.2 Å². The van der Waals surface area contributed by atoms with Crippen LogP contribution in [0, 0.1) is 12.8 Å². The van der Waals surface area contributed by atoms with E-state index in [0.717, 1.165) is 22.8 Å². The molecule has 0 aromatic carbocycles. The minimum atomic E-state index is 0.666. The molecule has 2 heterocycles. The van der Waals surface area contributed by atoms with Gasteiger partial charge in [0.2, 0.25) is 0 Å².